The van der Waals surface area contributed by atoms with E-state index >= 15 is 0 Å². The molecule has 2 heteroatoms. The number of benzene rings is 1. The quantitative estimate of drug-likeness (QED) is 0.746. The van der Waals surface area contributed by atoms with Crippen LogP contribution in [0.2, 0.25) is 0 Å². The van der Waals surface area contributed by atoms with Crippen LogP contribution in [0.15, 0.2) is 54.1 Å². The molecule has 1 saturated heterocycles. The van der Waals surface area contributed by atoms with Crippen LogP contribution in [0, 0.1) is 23.2 Å². The first kappa shape index (κ1) is 18.0. The zero-order valence-electron chi connectivity index (χ0n) is 15.6. The lowest BCUT2D eigenvalue weighted by atomic mass is 9.79. The van der Waals surface area contributed by atoms with Crippen LogP contribution in [0.5, 0.6) is 0 Å². The molecule has 1 heterocycles. The van der Waals surface area contributed by atoms with Gasteiger partial charge in [0.05, 0.1) is 6.07 Å². The highest BCUT2D eigenvalue weighted by molar-refractivity contribution is 5.33. The van der Waals surface area contributed by atoms with Gasteiger partial charge in [-0.3, -0.25) is 4.90 Å². The zero-order valence-corrected chi connectivity index (χ0v) is 15.6. The highest BCUT2D eigenvalue weighted by Gasteiger charge is 2.37. The third kappa shape index (κ3) is 4.41. The predicted octanol–water partition coefficient (Wildman–Crippen LogP) is 5.14. The monoisotopic (exact) mass is 334 g/mol. The summed E-state index contributed by atoms with van der Waals surface area (Å²) in [4.78, 5) is 2.63. The van der Waals surface area contributed by atoms with E-state index in [2.05, 4.69) is 73.4 Å². The molecule has 1 aromatic carbocycles. The third-order valence-corrected chi connectivity index (χ3v) is 5.63. The molecule has 1 aliphatic heterocycles. The molecule has 0 amide bonds. The number of hydrogen-bond acceptors (Lipinski definition) is 2. The Morgan fingerprint density at radius 3 is 2.48 bits per heavy atom. The fourth-order valence-corrected chi connectivity index (χ4v) is 4.21. The van der Waals surface area contributed by atoms with Crippen molar-refractivity contribution in [3.05, 3.63) is 59.7 Å². The van der Waals surface area contributed by atoms with Crippen molar-refractivity contribution in [2.24, 2.45) is 11.8 Å². The second-order valence-corrected chi connectivity index (χ2v) is 8.07. The largest absolute Gasteiger partial charge is 0.293 e. The van der Waals surface area contributed by atoms with E-state index < -0.39 is 0 Å². The Morgan fingerprint density at radius 2 is 1.92 bits per heavy atom. The first-order chi connectivity index (χ1) is 12.1. The first-order valence-electron chi connectivity index (χ1n) is 9.68. The molecule has 1 fully saturated rings. The molecule has 0 bridgehead atoms. The Morgan fingerprint density at radius 1 is 1.20 bits per heavy atom. The van der Waals surface area contributed by atoms with E-state index in [-0.39, 0.29) is 11.5 Å². The highest BCUT2D eigenvalue weighted by atomic mass is 15.2. The van der Waals surface area contributed by atoms with Gasteiger partial charge in [-0.1, -0.05) is 68.0 Å². The Labute approximate surface area is 152 Å². The molecule has 0 aromatic heterocycles. The topological polar surface area (TPSA) is 27.0 Å². The lowest BCUT2D eigenvalue weighted by Gasteiger charge is -2.46. The number of nitrogens with zero attached hydrogens (tertiary/aromatic N) is 2. The molecule has 3 rings (SSSR count). The predicted molar refractivity (Wildman–Crippen MR) is 104 cm³/mol. The van der Waals surface area contributed by atoms with Gasteiger partial charge in [-0.15, -0.1) is 0 Å². The normalized spacial score (nSPS) is 25.0. The van der Waals surface area contributed by atoms with Crippen molar-refractivity contribution in [3.8, 4) is 6.07 Å². The van der Waals surface area contributed by atoms with Crippen molar-refractivity contribution < 1.29 is 0 Å². The summed E-state index contributed by atoms with van der Waals surface area (Å²) in [6.07, 6.45) is 12.6. The number of rotatable bonds is 5. The van der Waals surface area contributed by atoms with Crippen LogP contribution < -0.4 is 0 Å². The fourth-order valence-electron chi connectivity index (χ4n) is 4.21. The molecular weight excluding hydrogens is 304 g/mol. The van der Waals surface area contributed by atoms with Crippen molar-refractivity contribution in [1.82, 2.24) is 4.90 Å². The standard InChI is InChI=1S/C23H30N2/c1-19(2)16-20-8-12-23(13-9-20,17-21-6-4-3-5-7-21)25-14-10-22(18-24)11-15-25/h3-9,12,19,22H,10-11,13-17H2,1-2H3. The van der Waals surface area contributed by atoms with Crippen LogP contribution in [0.1, 0.15) is 45.1 Å². The second kappa shape index (κ2) is 8.02. The molecule has 1 aliphatic carbocycles. The van der Waals surface area contributed by atoms with Gasteiger partial charge in [-0.25, -0.2) is 0 Å². The molecule has 0 spiro atoms. The van der Waals surface area contributed by atoms with Crippen LogP contribution in [-0.2, 0) is 6.42 Å². The lowest BCUT2D eigenvalue weighted by molar-refractivity contribution is 0.0926. The zero-order chi connectivity index (χ0) is 17.7. The first-order valence-corrected chi connectivity index (χ1v) is 9.68. The van der Waals surface area contributed by atoms with Gasteiger partial charge in [0.1, 0.15) is 0 Å². The van der Waals surface area contributed by atoms with Crippen molar-refractivity contribution in [1.29, 1.82) is 5.26 Å². The van der Waals surface area contributed by atoms with Gasteiger partial charge in [0, 0.05) is 24.5 Å². The Hall–Kier alpha value is -1.85. The Kier molecular flexibility index (Phi) is 5.76. The molecule has 25 heavy (non-hydrogen) atoms. The van der Waals surface area contributed by atoms with Crippen molar-refractivity contribution in [2.75, 3.05) is 13.1 Å². The minimum Gasteiger partial charge on any atom is -0.293 e. The number of piperidine rings is 1. The van der Waals surface area contributed by atoms with Crippen molar-refractivity contribution in [3.63, 3.8) is 0 Å². The average Bonchev–Trinajstić information content (AvgIpc) is 2.64. The summed E-state index contributed by atoms with van der Waals surface area (Å²) in [5.41, 5.74) is 2.95. The molecule has 1 unspecified atom stereocenters. The summed E-state index contributed by atoms with van der Waals surface area (Å²) in [6.45, 7) is 6.63. The molecule has 2 aliphatic rings. The average molecular weight is 335 g/mol. The minimum absolute atomic E-state index is 0.0717. The van der Waals surface area contributed by atoms with Gasteiger partial charge in [0.15, 0.2) is 0 Å². The summed E-state index contributed by atoms with van der Waals surface area (Å²) < 4.78 is 0. The number of nitriles is 1. The van der Waals surface area contributed by atoms with E-state index in [1.165, 1.54) is 11.1 Å². The lowest BCUT2D eigenvalue weighted by Crippen LogP contribution is -2.52. The van der Waals surface area contributed by atoms with Gasteiger partial charge in [0.25, 0.3) is 0 Å². The van der Waals surface area contributed by atoms with Gasteiger partial charge in [-0.05, 0) is 43.6 Å². The maximum Gasteiger partial charge on any atom is 0.0656 e. The summed E-state index contributed by atoms with van der Waals surface area (Å²) >= 11 is 0. The summed E-state index contributed by atoms with van der Waals surface area (Å²) in [6, 6.07) is 13.3. The molecule has 1 aromatic rings. The second-order valence-electron chi connectivity index (χ2n) is 8.07. The molecule has 0 saturated carbocycles. The van der Waals surface area contributed by atoms with Gasteiger partial charge < -0.3 is 0 Å². The van der Waals surface area contributed by atoms with Gasteiger partial charge in [0.2, 0.25) is 0 Å². The van der Waals surface area contributed by atoms with Crippen molar-refractivity contribution >= 4 is 0 Å². The molecule has 0 radical (unpaired) electrons. The van der Waals surface area contributed by atoms with E-state index in [1.54, 1.807) is 0 Å². The van der Waals surface area contributed by atoms with E-state index in [4.69, 9.17) is 0 Å². The fraction of sp³-hybridized carbons (Fsp3) is 0.522. The smallest absolute Gasteiger partial charge is 0.0656 e. The van der Waals surface area contributed by atoms with E-state index in [0.29, 0.717) is 5.92 Å². The third-order valence-electron chi connectivity index (χ3n) is 5.63. The summed E-state index contributed by atoms with van der Waals surface area (Å²) in [7, 11) is 0. The number of allylic oxidation sites excluding steroid dienone is 2. The Bertz CT molecular complexity index is 657. The SMILES string of the molecule is CC(C)CC1=CCC(Cc2ccccc2)(N2CCC(C#N)CC2)C=C1. The molecule has 132 valence electrons. The summed E-state index contributed by atoms with van der Waals surface area (Å²) in [5, 5.41) is 9.21. The van der Waals surface area contributed by atoms with Gasteiger partial charge >= 0.3 is 0 Å². The maximum absolute atomic E-state index is 9.21. The number of hydrogen-bond donors (Lipinski definition) is 0. The molecule has 1 atom stereocenters. The Balaban J connectivity index is 1.80. The van der Waals surface area contributed by atoms with Gasteiger partial charge in [-0.2, -0.15) is 5.26 Å². The molecule has 2 nitrogen and oxygen atoms in total. The maximum atomic E-state index is 9.21. The van der Waals surface area contributed by atoms with Crippen LogP contribution in [-0.4, -0.2) is 23.5 Å². The van der Waals surface area contributed by atoms with Crippen molar-refractivity contribution in [2.45, 2.75) is 51.5 Å². The molecular formula is C23H30N2. The highest BCUT2D eigenvalue weighted by Crippen LogP contribution is 2.35. The van der Waals surface area contributed by atoms with E-state index in [9.17, 15) is 5.26 Å². The van der Waals surface area contributed by atoms with E-state index in [1.807, 2.05) is 0 Å². The van der Waals surface area contributed by atoms with Crippen LogP contribution >= 0.6 is 0 Å². The summed E-state index contributed by atoms with van der Waals surface area (Å²) in [5.74, 6) is 0.938. The minimum atomic E-state index is 0.0717. The van der Waals surface area contributed by atoms with Crippen LogP contribution in [0.4, 0.5) is 0 Å². The van der Waals surface area contributed by atoms with E-state index in [0.717, 1.165) is 45.2 Å². The molecule has 0 N–H and O–H groups in total. The number of likely N-dealkylation sites (tertiary alicyclic amines) is 1. The van der Waals surface area contributed by atoms with Crippen LogP contribution in [0.25, 0.3) is 0 Å². The van der Waals surface area contributed by atoms with Crippen LogP contribution in [0.3, 0.4) is 0 Å².